The Hall–Kier alpha value is -4.26. The molecule has 2 heterocycles. The molecule has 3 N–H and O–H groups in total. The Labute approximate surface area is 234 Å². The minimum Gasteiger partial charge on any atom is -0.464 e. The summed E-state index contributed by atoms with van der Waals surface area (Å²) in [7, 11) is 1.18. The standard InChI is InChI=1S/C28H32F3N5O5/c1-40-26(38)23-24(19-9-11-20(12-10-19)41-28(29,30)31)36(27(39)33-23)14-6-2-5-13-34-15-17-35(18-16-34)22-8-4-3-7-21(22)25(32)37/h3-4,7-12H,2,5-6,13-18H2,1H3,(H2,32,37)(H,33,39). The van der Waals surface area contributed by atoms with E-state index in [1.54, 1.807) is 12.1 Å². The number of ether oxygens (including phenoxy) is 2. The topological polar surface area (TPSA) is 123 Å². The second-order valence-corrected chi connectivity index (χ2v) is 9.64. The fraction of sp³-hybridized carbons (Fsp3) is 0.393. The van der Waals surface area contributed by atoms with Crippen LogP contribution < -0.4 is 21.1 Å². The zero-order valence-corrected chi connectivity index (χ0v) is 22.6. The fourth-order valence-electron chi connectivity index (χ4n) is 5.00. The lowest BCUT2D eigenvalue weighted by molar-refractivity contribution is -0.274. The number of nitrogens with two attached hydrogens (primary N) is 1. The molecule has 3 aromatic rings. The van der Waals surface area contributed by atoms with Gasteiger partial charge in [-0.05, 0) is 55.8 Å². The summed E-state index contributed by atoms with van der Waals surface area (Å²) in [6.07, 6.45) is -2.49. The fourth-order valence-corrected chi connectivity index (χ4v) is 5.00. The van der Waals surface area contributed by atoms with E-state index in [1.165, 1.54) is 23.8 Å². The van der Waals surface area contributed by atoms with Gasteiger partial charge in [-0.25, -0.2) is 9.59 Å². The van der Waals surface area contributed by atoms with Crippen molar-refractivity contribution in [1.29, 1.82) is 0 Å². The van der Waals surface area contributed by atoms with E-state index < -0.39 is 29.7 Å². The molecule has 0 radical (unpaired) electrons. The van der Waals surface area contributed by atoms with Crippen molar-refractivity contribution in [3.63, 3.8) is 0 Å². The van der Waals surface area contributed by atoms with Gasteiger partial charge in [-0.1, -0.05) is 18.6 Å². The van der Waals surface area contributed by atoms with E-state index in [2.05, 4.69) is 19.5 Å². The number of H-pyrrole nitrogens is 1. The van der Waals surface area contributed by atoms with Crippen molar-refractivity contribution in [1.82, 2.24) is 14.5 Å². The normalized spacial score (nSPS) is 14.2. The van der Waals surface area contributed by atoms with Crippen LogP contribution in [0.4, 0.5) is 18.9 Å². The quantitative estimate of drug-likeness (QED) is 0.265. The van der Waals surface area contributed by atoms with Gasteiger partial charge < -0.3 is 20.1 Å². The zero-order chi connectivity index (χ0) is 29.6. The third kappa shape index (κ3) is 7.48. The van der Waals surface area contributed by atoms with Crippen LogP contribution in [-0.4, -0.2) is 72.5 Å². The SMILES string of the molecule is COC(=O)c1[nH]c(=O)n(CCCCCN2CCN(c3ccccc3C(N)=O)CC2)c1-c1ccc(OC(F)(F)F)cc1. The monoisotopic (exact) mass is 575 g/mol. The van der Waals surface area contributed by atoms with E-state index in [4.69, 9.17) is 10.5 Å². The van der Waals surface area contributed by atoms with Crippen LogP contribution in [-0.2, 0) is 11.3 Å². The minimum absolute atomic E-state index is 0.0715. The number of imidazole rings is 1. The first kappa shape index (κ1) is 29.7. The Morgan fingerprint density at radius 1 is 0.951 bits per heavy atom. The number of benzene rings is 2. The first-order valence-corrected chi connectivity index (χ1v) is 13.2. The zero-order valence-electron chi connectivity index (χ0n) is 22.6. The number of para-hydroxylation sites is 1. The van der Waals surface area contributed by atoms with Crippen molar-refractivity contribution < 1.29 is 32.2 Å². The molecule has 1 aromatic heterocycles. The van der Waals surface area contributed by atoms with Crippen molar-refractivity contribution in [2.75, 3.05) is 44.7 Å². The van der Waals surface area contributed by atoms with Gasteiger partial charge in [0.05, 0.1) is 18.4 Å². The van der Waals surface area contributed by atoms with E-state index in [9.17, 15) is 27.6 Å². The predicted molar refractivity (Wildman–Crippen MR) is 146 cm³/mol. The smallest absolute Gasteiger partial charge is 0.464 e. The second-order valence-electron chi connectivity index (χ2n) is 9.64. The van der Waals surface area contributed by atoms with E-state index >= 15 is 0 Å². The number of methoxy groups -OCH3 is 1. The number of halogens is 3. The van der Waals surface area contributed by atoms with Crippen molar-refractivity contribution in [3.05, 3.63) is 70.3 Å². The number of primary amides is 1. The molecule has 1 aliphatic rings. The summed E-state index contributed by atoms with van der Waals surface area (Å²) >= 11 is 0. The number of rotatable bonds is 11. The number of aromatic nitrogens is 2. The highest BCUT2D eigenvalue weighted by molar-refractivity contribution is 5.98. The lowest BCUT2D eigenvalue weighted by atomic mass is 10.1. The van der Waals surface area contributed by atoms with Crippen LogP contribution in [0.25, 0.3) is 11.3 Å². The van der Waals surface area contributed by atoms with Crippen LogP contribution in [0.1, 0.15) is 40.1 Å². The Bertz CT molecular complexity index is 1410. The average Bonchev–Trinajstić information content (AvgIpc) is 3.28. The summed E-state index contributed by atoms with van der Waals surface area (Å²) < 4.78 is 47.7. The number of piperazine rings is 1. The number of anilines is 1. The molecular formula is C28H32F3N5O5. The van der Waals surface area contributed by atoms with Gasteiger partial charge in [0.2, 0.25) is 0 Å². The number of amides is 1. The van der Waals surface area contributed by atoms with Crippen LogP contribution in [0, 0.1) is 0 Å². The van der Waals surface area contributed by atoms with Crippen molar-refractivity contribution in [3.8, 4) is 17.0 Å². The molecule has 41 heavy (non-hydrogen) atoms. The summed E-state index contributed by atoms with van der Waals surface area (Å²) in [4.78, 5) is 43.8. The van der Waals surface area contributed by atoms with Crippen LogP contribution in [0.3, 0.4) is 0 Å². The maximum Gasteiger partial charge on any atom is 0.573 e. The highest BCUT2D eigenvalue weighted by Gasteiger charge is 2.31. The van der Waals surface area contributed by atoms with E-state index in [-0.39, 0.29) is 11.4 Å². The number of alkyl halides is 3. The highest BCUT2D eigenvalue weighted by atomic mass is 19.4. The van der Waals surface area contributed by atoms with Crippen LogP contribution in [0.2, 0.25) is 0 Å². The molecular weight excluding hydrogens is 543 g/mol. The second kappa shape index (κ2) is 12.9. The Kier molecular flexibility index (Phi) is 9.38. The molecule has 1 aliphatic heterocycles. The van der Waals surface area contributed by atoms with Gasteiger partial charge in [-0.2, -0.15) is 0 Å². The summed E-state index contributed by atoms with van der Waals surface area (Å²) in [6.45, 7) is 4.40. The molecule has 1 fully saturated rings. The number of unbranched alkanes of at least 4 members (excludes halogenated alkanes) is 2. The maximum absolute atomic E-state index is 12.7. The molecule has 10 nitrogen and oxygen atoms in total. The molecule has 0 saturated carbocycles. The highest BCUT2D eigenvalue weighted by Crippen LogP contribution is 2.28. The Morgan fingerprint density at radius 2 is 1.61 bits per heavy atom. The third-order valence-electron chi connectivity index (χ3n) is 6.97. The first-order chi connectivity index (χ1) is 19.6. The minimum atomic E-state index is -4.83. The summed E-state index contributed by atoms with van der Waals surface area (Å²) in [6, 6.07) is 12.3. The molecule has 0 bridgehead atoms. The number of esters is 1. The summed E-state index contributed by atoms with van der Waals surface area (Å²) in [5.74, 6) is -1.62. The molecule has 1 amide bonds. The molecule has 2 aromatic carbocycles. The molecule has 1 saturated heterocycles. The number of aromatic amines is 1. The number of nitrogens with zero attached hydrogens (tertiary/aromatic N) is 3. The number of carbonyl (C=O) groups is 2. The van der Waals surface area contributed by atoms with Crippen molar-refractivity contribution in [2.45, 2.75) is 32.2 Å². The van der Waals surface area contributed by atoms with Crippen molar-refractivity contribution >= 4 is 17.6 Å². The van der Waals surface area contributed by atoms with Gasteiger partial charge in [0.25, 0.3) is 5.91 Å². The number of hydrogen-bond acceptors (Lipinski definition) is 7. The van der Waals surface area contributed by atoms with E-state index in [0.29, 0.717) is 24.1 Å². The number of carbonyl (C=O) groups excluding carboxylic acids is 2. The lowest BCUT2D eigenvalue weighted by Gasteiger charge is -2.36. The molecule has 0 atom stereocenters. The van der Waals surface area contributed by atoms with Gasteiger partial charge in [-0.15, -0.1) is 13.2 Å². The molecule has 13 heteroatoms. The molecule has 4 rings (SSSR count). The molecule has 0 unspecified atom stereocenters. The largest absolute Gasteiger partial charge is 0.573 e. The van der Waals surface area contributed by atoms with E-state index in [0.717, 1.165) is 63.4 Å². The summed E-state index contributed by atoms with van der Waals surface area (Å²) in [5.41, 5.74) is 6.92. The average molecular weight is 576 g/mol. The molecule has 0 spiro atoms. The maximum atomic E-state index is 12.7. The third-order valence-corrected chi connectivity index (χ3v) is 6.97. The van der Waals surface area contributed by atoms with E-state index in [1.807, 2.05) is 12.1 Å². The molecule has 0 aliphatic carbocycles. The summed E-state index contributed by atoms with van der Waals surface area (Å²) in [5, 5.41) is 0. The van der Waals surface area contributed by atoms with Crippen LogP contribution in [0.15, 0.2) is 53.3 Å². The van der Waals surface area contributed by atoms with Gasteiger partial charge in [0.15, 0.2) is 5.69 Å². The first-order valence-electron chi connectivity index (χ1n) is 13.2. The van der Waals surface area contributed by atoms with Gasteiger partial charge in [0.1, 0.15) is 5.75 Å². The van der Waals surface area contributed by atoms with Crippen LogP contribution >= 0.6 is 0 Å². The van der Waals surface area contributed by atoms with Gasteiger partial charge in [-0.3, -0.25) is 19.2 Å². The Morgan fingerprint density at radius 3 is 2.24 bits per heavy atom. The number of nitrogens with one attached hydrogen (secondary N) is 1. The predicted octanol–water partition coefficient (Wildman–Crippen LogP) is 3.62. The number of hydrogen-bond donors (Lipinski definition) is 2. The Balaban J connectivity index is 1.33. The van der Waals surface area contributed by atoms with Crippen LogP contribution in [0.5, 0.6) is 5.75 Å². The molecule has 220 valence electrons. The van der Waals surface area contributed by atoms with Gasteiger partial charge >= 0.3 is 18.0 Å². The van der Waals surface area contributed by atoms with Crippen molar-refractivity contribution in [2.24, 2.45) is 5.73 Å². The van der Waals surface area contributed by atoms with Gasteiger partial charge in [0, 0.05) is 44.0 Å². The lowest BCUT2D eigenvalue weighted by Crippen LogP contribution is -2.47.